The minimum Gasteiger partial charge on any atom is -0.508 e. The topological polar surface area (TPSA) is 187 Å². The molecule has 5 atom stereocenters. The van der Waals surface area contributed by atoms with Crippen LogP contribution in [0.3, 0.4) is 0 Å². The van der Waals surface area contributed by atoms with Crippen molar-refractivity contribution in [3.8, 4) is 5.75 Å². The number of nitrogens with one attached hydrogen (secondary N) is 1. The molecule has 0 saturated carbocycles. The maximum atomic E-state index is 16.1. The van der Waals surface area contributed by atoms with Gasteiger partial charge in [0, 0.05) is 68.8 Å². The highest BCUT2D eigenvalue weighted by Crippen LogP contribution is 2.49. The van der Waals surface area contributed by atoms with Crippen molar-refractivity contribution >= 4 is 34.8 Å². The Morgan fingerprint density at radius 2 is 1.73 bits per heavy atom. The van der Waals surface area contributed by atoms with Gasteiger partial charge < -0.3 is 45.2 Å². The van der Waals surface area contributed by atoms with Crippen molar-refractivity contribution < 1.29 is 48.7 Å². The summed E-state index contributed by atoms with van der Waals surface area (Å²) >= 11 is 0. The molecular formula is C43H59FN6O9. The number of halogens is 1. The third-order valence-electron chi connectivity index (χ3n) is 12.0. The molecule has 5 N–H and O–H groups in total. The lowest BCUT2D eigenvalue weighted by atomic mass is 9.76. The Morgan fingerprint density at radius 3 is 2.29 bits per heavy atom. The van der Waals surface area contributed by atoms with Gasteiger partial charge in [0.25, 0.3) is 0 Å². The number of carboxylic acid groups (broad SMARTS) is 1. The zero-order valence-electron chi connectivity index (χ0n) is 35.3. The molecule has 59 heavy (non-hydrogen) atoms. The molecular weight excluding hydrogens is 764 g/mol. The van der Waals surface area contributed by atoms with Crippen LogP contribution in [0.15, 0.2) is 64.7 Å². The van der Waals surface area contributed by atoms with Crippen LogP contribution < -0.4 is 19.9 Å². The number of benzene rings is 1. The predicted octanol–water partition coefficient (Wildman–Crippen LogP) is 3.41. The number of hydrogen-bond acceptors (Lipinski definition) is 13. The first-order valence-corrected chi connectivity index (χ1v) is 19.9. The molecule has 1 aromatic rings. The van der Waals surface area contributed by atoms with Gasteiger partial charge in [-0.2, -0.15) is 0 Å². The third kappa shape index (κ3) is 8.81. The standard InChI is InChI=1S/C43H59FN6O9/c1-22(2)50-20-30(43(57)58)38(53)29-18-31(44)37(41(59-10)36(29)50)48-15-16-49(23(3)19-48)21-45-42(56)27-12-14-33(52)35-26(11-13-32(39(27)54)47(8)9)17-28(24(4)46(6)7)34(25(5)51)40(35)55/h18,20,22-23,27,32-33,38,51-53H,4-5,11-17,19,21H2,1-3,6-10H3,(H,45,56)(H,57,58). The van der Waals surface area contributed by atoms with E-state index in [0.717, 1.165) is 6.07 Å². The van der Waals surface area contributed by atoms with Crippen molar-refractivity contribution in [1.82, 2.24) is 20.0 Å². The number of rotatable bonds is 11. The molecule has 322 valence electrons. The van der Waals surface area contributed by atoms with E-state index in [9.17, 15) is 39.6 Å². The number of aliphatic hydroxyl groups is 3. The van der Waals surface area contributed by atoms with Gasteiger partial charge in [-0.3, -0.25) is 24.2 Å². The summed E-state index contributed by atoms with van der Waals surface area (Å²) in [5, 5.41) is 45.6. The second kappa shape index (κ2) is 18.1. The molecule has 1 aromatic carbocycles. The number of hydrogen-bond donors (Lipinski definition) is 5. The van der Waals surface area contributed by atoms with Gasteiger partial charge in [0.15, 0.2) is 23.1 Å². The molecule has 0 radical (unpaired) electrons. The van der Waals surface area contributed by atoms with Gasteiger partial charge in [-0.15, -0.1) is 0 Å². The zero-order valence-corrected chi connectivity index (χ0v) is 35.3. The number of piperazine rings is 1. The molecule has 2 heterocycles. The van der Waals surface area contributed by atoms with Gasteiger partial charge in [0.2, 0.25) is 5.91 Å². The lowest BCUT2D eigenvalue weighted by molar-refractivity contribution is -0.138. The van der Waals surface area contributed by atoms with E-state index in [1.165, 1.54) is 13.3 Å². The molecule has 2 aliphatic carbocycles. The first-order chi connectivity index (χ1) is 27.7. The monoisotopic (exact) mass is 822 g/mol. The van der Waals surface area contributed by atoms with Crippen LogP contribution in [0, 0.1) is 11.7 Å². The average Bonchev–Trinajstić information content (AvgIpc) is 3.15. The highest BCUT2D eigenvalue weighted by atomic mass is 19.1. The van der Waals surface area contributed by atoms with Crippen LogP contribution in [-0.4, -0.2) is 144 Å². The van der Waals surface area contributed by atoms with Crippen molar-refractivity contribution in [2.75, 3.05) is 71.4 Å². The molecule has 2 aliphatic heterocycles. The number of allylic oxidation sites excluding steroid dienone is 3. The van der Waals surface area contributed by atoms with E-state index in [1.807, 2.05) is 30.6 Å². The molecule has 5 rings (SSSR count). The minimum absolute atomic E-state index is 0.00192. The van der Waals surface area contributed by atoms with Crippen LogP contribution in [-0.2, 0) is 19.2 Å². The molecule has 1 saturated heterocycles. The second-order valence-corrected chi connectivity index (χ2v) is 16.5. The fraction of sp³-hybridized carbons (Fsp3) is 0.535. The van der Waals surface area contributed by atoms with Crippen molar-refractivity contribution in [2.24, 2.45) is 5.92 Å². The fourth-order valence-electron chi connectivity index (χ4n) is 8.69. The Bertz CT molecular complexity index is 2010. The Labute approximate surface area is 345 Å². The molecule has 0 spiro atoms. The Hall–Kier alpha value is -5.03. The maximum Gasteiger partial charge on any atom is 0.336 e. The first-order valence-electron chi connectivity index (χ1n) is 19.9. The van der Waals surface area contributed by atoms with Crippen molar-refractivity contribution in [2.45, 2.75) is 83.2 Å². The number of anilines is 2. The summed E-state index contributed by atoms with van der Waals surface area (Å²) in [5.74, 6) is -4.71. The van der Waals surface area contributed by atoms with Crippen molar-refractivity contribution in [1.29, 1.82) is 0 Å². The number of fused-ring (bicyclic) bond motifs is 1. The molecule has 0 bridgehead atoms. The van der Waals surface area contributed by atoms with E-state index in [1.54, 1.807) is 42.9 Å². The summed E-state index contributed by atoms with van der Waals surface area (Å²) < 4.78 is 21.8. The third-order valence-corrected chi connectivity index (χ3v) is 12.0. The quantitative estimate of drug-likeness (QED) is 0.162. The maximum absolute atomic E-state index is 16.1. The summed E-state index contributed by atoms with van der Waals surface area (Å²) in [6.07, 6.45) is -0.752. The number of methoxy groups -OCH3 is 1. The van der Waals surface area contributed by atoms with Gasteiger partial charge in [0.05, 0.1) is 48.7 Å². The molecule has 0 aromatic heterocycles. The normalized spacial score (nSPS) is 24.5. The average molecular weight is 823 g/mol. The Morgan fingerprint density at radius 1 is 1.05 bits per heavy atom. The molecule has 4 aliphatic rings. The molecule has 1 fully saturated rings. The van der Waals surface area contributed by atoms with Crippen LogP contribution in [0.25, 0.3) is 0 Å². The summed E-state index contributed by atoms with van der Waals surface area (Å²) in [6, 6.07) is 0.0333. The van der Waals surface area contributed by atoms with E-state index in [2.05, 4.69) is 18.5 Å². The number of ketones is 2. The van der Waals surface area contributed by atoms with E-state index < -0.39 is 53.4 Å². The molecule has 15 nitrogen and oxygen atoms in total. The number of carbonyl (C=O) groups is 4. The van der Waals surface area contributed by atoms with Crippen LogP contribution >= 0.6 is 0 Å². The first kappa shape index (κ1) is 45.1. The summed E-state index contributed by atoms with van der Waals surface area (Å²) in [4.78, 5) is 63.0. The number of nitrogens with zero attached hydrogens (tertiary/aromatic N) is 5. The minimum atomic E-state index is -1.56. The van der Waals surface area contributed by atoms with E-state index in [-0.39, 0.29) is 83.9 Å². The van der Waals surface area contributed by atoms with E-state index in [4.69, 9.17) is 4.74 Å². The number of likely N-dealkylation sites (N-methyl/N-ethyl adjacent to an activating group) is 2. The van der Waals surface area contributed by atoms with Gasteiger partial charge >= 0.3 is 5.97 Å². The van der Waals surface area contributed by atoms with Gasteiger partial charge in [0.1, 0.15) is 17.6 Å². The van der Waals surface area contributed by atoms with Crippen molar-refractivity contribution in [3.05, 3.63) is 76.1 Å². The molecule has 1 amide bonds. The number of amides is 1. The van der Waals surface area contributed by atoms with Crippen LogP contribution in [0.2, 0.25) is 0 Å². The SMILES string of the molecule is C=C(O)C1=C(C(=C)N(C)C)CC2=C(C1=O)C(O)CCC(C(=O)NCN1CCN(c3c(F)cc4c(c3OC)N(C(C)C)C=C(C(=O)O)C4O)CC1C)C(=O)C(N(C)C)CC2. The Balaban J connectivity index is 1.32. The number of carboxylic acids is 1. The predicted molar refractivity (Wildman–Crippen MR) is 221 cm³/mol. The fourth-order valence-corrected chi connectivity index (χ4v) is 8.69. The van der Waals surface area contributed by atoms with Gasteiger partial charge in [-0.05, 0) is 78.6 Å². The smallest absolute Gasteiger partial charge is 0.336 e. The summed E-state index contributed by atoms with van der Waals surface area (Å²) in [7, 11) is 8.48. The van der Waals surface area contributed by atoms with Crippen LogP contribution in [0.5, 0.6) is 5.75 Å². The van der Waals surface area contributed by atoms with Gasteiger partial charge in [-0.1, -0.05) is 18.7 Å². The largest absolute Gasteiger partial charge is 0.508 e. The number of Topliss-reactive ketones (excluding diaryl/α,β-unsaturated/α-hetero) is 2. The lowest BCUT2D eigenvalue weighted by Gasteiger charge is -2.43. The molecule has 5 unspecified atom stereocenters. The van der Waals surface area contributed by atoms with Crippen molar-refractivity contribution in [3.63, 3.8) is 0 Å². The molecule has 16 heteroatoms. The summed E-state index contributed by atoms with van der Waals surface area (Å²) in [6.45, 7) is 14.5. The van der Waals surface area contributed by atoms with Gasteiger partial charge in [-0.25, -0.2) is 9.18 Å². The number of carbonyl (C=O) groups excluding carboxylic acids is 3. The highest BCUT2D eigenvalue weighted by Gasteiger charge is 2.41. The summed E-state index contributed by atoms with van der Waals surface area (Å²) in [5.41, 5.74) is 2.21. The van der Waals surface area contributed by atoms with E-state index in [0.29, 0.717) is 48.6 Å². The Kier molecular flexibility index (Phi) is 13.8. The number of ether oxygens (including phenoxy) is 1. The van der Waals surface area contributed by atoms with Crippen LogP contribution in [0.4, 0.5) is 15.8 Å². The second-order valence-electron chi connectivity index (χ2n) is 16.5. The lowest BCUT2D eigenvalue weighted by Crippen LogP contribution is -2.56. The van der Waals surface area contributed by atoms with E-state index >= 15 is 4.39 Å². The van der Waals surface area contributed by atoms with Crippen LogP contribution in [0.1, 0.15) is 64.5 Å². The highest BCUT2D eigenvalue weighted by molar-refractivity contribution is 6.14. The number of aliphatic carboxylic acids is 1. The zero-order chi connectivity index (χ0) is 43.8. The number of aliphatic hydroxyl groups excluding tert-OH is 3.